The summed E-state index contributed by atoms with van der Waals surface area (Å²) in [6, 6.07) is 14.6. The number of nitrogens with zero attached hydrogens (tertiary/aromatic N) is 3. The van der Waals surface area contributed by atoms with Crippen molar-refractivity contribution in [2.24, 2.45) is 0 Å². The first kappa shape index (κ1) is 20.2. The predicted octanol–water partition coefficient (Wildman–Crippen LogP) is 4.21. The minimum Gasteiger partial charge on any atom is -0.339 e. The molecule has 1 heterocycles. The molecule has 0 atom stereocenters. The van der Waals surface area contributed by atoms with Gasteiger partial charge in [-0.1, -0.05) is 54.5 Å². The lowest BCUT2D eigenvalue weighted by Gasteiger charge is -2.27. The Morgan fingerprint density at radius 3 is 2.43 bits per heavy atom. The third kappa shape index (κ3) is 4.15. The van der Waals surface area contributed by atoms with Gasteiger partial charge in [-0.15, -0.1) is 0 Å². The van der Waals surface area contributed by atoms with E-state index in [2.05, 4.69) is 10.1 Å². The highest BCUT2D eigenvalue weighted by molar-refractivity contribution is 7.89. The first-order chi connectivity index (χ1) is 13.3. The summed E-state index contributed by atoms with van der Waals surface area (Å²) in [6.07, 6.45) is 0.627. The van der Waals surface area contributed by atoms with Gasteiger partial charge in [0.15, 0.2) is 0 Å². The van der Waals surface area contributed by atoms with Crippen molar-refractivity contribution >= 4 is 10.0 Å². The van der Waals surface area contributed by atoms with E-state index in [9.17, 15) is 8.42 Å². The molecule has 1 aromatic heterocycles. The predicted molar refractivity (Wildman–Crippen MR) is 108 cm³/mol. The number of aryl methyl sites for hydroxylation is 2. The molecule has 0 bridgehead atoms. The maximum absolute atomic E-state index is 13.5. The van der Waals surface area contributed by atoms with Crippen molar-refractivity contribution in [3.63, 3.8) is 0 Å². The van der Waals surface area contributed by atoms with E-state index < -0.39 is 10.0 Å². The van der Waals surface area contributed by atoms with Gasteiger partial charge in [-0.2, -0.15) is 9.29 Å². The first-order valence-corrected chi connectivity index (χ1v) is 10.8. The van der Waals surface area contributed by atoms with Crippen LogP contribution in [0.3, 0.4) is 0 Å². The molecule has 0 N–H and O–H groups in total. The molecule has 0 amide bonds. The van der Waals surface area contributed by atoms with Gasteiger partial charge in [0.25, 0.3) is 0 Å². The summed E-state index contributed by atoms with van der Waals surface area (Å²) in [7, 11) is -3.71. The lowest BCUT2D eigenvalue weighted by molar-refractivity contribution is 0.348. The Morgan fingerprint density at radius 2 is 1.82 bits per heavy atom. The van der Waals surface area contributed by atoms with Gasteiger partial charge in [0.1, 0.15) is 0 Å². The van der Waals surface area contributed by atoms with E-state index in [1.807, 2.05) is 57.2 Å². The second kappa shape index (κ2) is 8.24. The van der Waals surface area contributed by atoms with E-state index in [4.69, 9.17) is 4.52 Å². The van der Waals surface area contributed by atoms with Crippen LogP contribution < -0.4 is 0 Å². The summed E-state index contributed by atoms with van der Waals surface area (Å²) in [5.74, 6) is 0.917. The number of benzene rings is 2. The summed E-state index contributed by atoms with van der Waals surface area (Å²) in [5, 5.41) is 3.96. The van der Waals surface area contributed by atoms with Gasteiger partial charge in [-0.25, -0.2) is 8.42 Å². The third-order valence-corrected chi connectivity index (χ3v) is 6.72. The molecule has 7 heteroatoms. The van der Waals surface area contributed by atoms with Crippen LogP contribution in [0, 0.1) is 6.92 Å². The van der Waals surface area contributed by atoms with Gasteiger partial charge in [-0.3, -0.25) is 0 Å². The molecule has 0 saturated heterocycles. The molecule has 0 fully saturated rings. The van der Waals surface area contributed by atoms with E-state index in [0.717, 1.165) is 5.56 Å². The zero-order chi connectivity index (χ0) is 20.3. The summed E-state index contributed by atoms with van der Waals surface area (Å²) in [6.45, 7) is 7.79. The van der Waals surface area contributed by atoms with Gasteiger partial charge in [0.05, 0.1) is 4.90 Å². The molecule has 0 radical (unpaired) electrons. The zero-order valence-electron chi connectivity index (χ0n) is 16.6. The van der Waals surface area contributed by atoms with Crippen LogP contribution in [0.4, 0.5) is 0 Å². The summed E-state index contributed by atoms with van der Waals surface area (Å²) in [4.78, 5) is 4.57. The van der Waals surface area contributed by atoms with E-state index in [1.165, 1.54) is 4.31 Å². The number of hydrogen-bond donors (Lipinski definition) is 0. The summed E-state index contributed by atoms with van der Waals surface area (Å²) in [5.41, 5.74) is 2.25. The van der Waals surface area contributed by atoms with Crippen molar-refractivity contribution in [1.29, 1.82) is 0 Å². The molecular weight excluding hydrogens is 374 g/mol. The normalized spacial score (nSPS) is 12.1. The fourth-order valence-electron chi connectivity index (χ4n) is 2.97. The van der Waals surface area contributed by atoms with Crippen LogP contribution in [-0.4, -0.2) is 28.9 Å². The topological polar surface area (TPSA) is 76.3 Å². The highest BCUT2D eigenvalue weighted by Crippen LogP contribution is 2.28. The zero-order valence-corrected chi connectivity index (χ0v) is 17.4. The van der Waals surface area contributed by atoms with E-state index in [-0.39, 0.29) is 10.9 Å². The van der Waals surface area contributed by atoms with Crippen LogP contribution in [0.15, 0.2) is 57.9 Å². The molecule has 3 aromatic rings. The van der Waals surface area contributed by atoms with E-state index in [1.54, 1.807) is 19.1 Å². The monoisotopic (exact) mass is 399 g/mol. The average molecular weight is 400 g/mol. The molecule has 3 rings (SSSR count). The summed E-state index contributed by atoms with van der Waals surface area (Å²) < 4.78 is 33.7. The molecule has 2 aromatic carbocycles. The Kier molecular flexibility index (Phi) is 5.96. The van der Waals surface area contributed by atoms with Crippen molar-refractivity contribution in [3.05, 3.63) is 65.5 Å². The highest BCUT2D eigenvalue weighted by atomic mass is 32.2. The van der Waals surface area contributed by atoms with Gasteiger partial charge >= 0.3 is 0 Å². The molecule has 0 unspecified atom stereocenters. The van der Waals surface area contributed by atoms with Gasteiger partial charge in [0.2, 0.25) is 21.7 Å². The third-order valence-electron chi connectivity index (χ3n) is 4.56. The maximum Gasteiger partial charge on any atom is 0.243 e. The molecule has 0 spiro atoms. The van der Waals surface area contributed by atoms with Crippen LogP contribution in [0.5, 0.6) is 0 Å². The Morgan fingerprint density at radius 1 is 1.11 bits per heavy atom. The Bertz CT molecular complexity index is 1040. The van der Waals surface area contributed by atoms with Gasteiger partial charge in [0, 0.05) is 24.6 Å². The van der Waals surface area contributed by atoms with E-state index >= 15 is 0 Å². The molecule has 0 saturated carbocycles. The maximum atomic E-state index is 13.5. The van der Waals surface area contributed by atoms with Crippen molar-refractivity contribution < 1.29 is 12.9 Å². The smallest absolute Gasteiger partial charge is 0.243 e. The van der Waals surface area contributed by atoms with Gasteiger partial charge < -0.3 is 4.52 Å². The molecule has 6 nitrogen and oxygen atoms in total. The number of sulfonamides is 1. The highest BCUT2D eigenvalue weighted by Gasteiger charge is 2.29. The Hall–Kier alpha value is -2.51. The Balaban J connectivity index is 2.02. The van der Waals surface area contributed by atoms with Gasteiger partial charge in [-0.05, 0) is 38.0 Å². The average Bonchev–Trinajstić information content (AvgIpc) is 3.16. The van der Waals surface area contributed by atoms with Crippen LogP contribution in [0.1, 0.15) is 37.8 Å². The minimum atomic E-state index is -3.71. The molecule has 0 aliphatic carbocycles. The van der Waals surface area contributed by atoms with Crippen molar-refractivity contribution in [2.75, 3.05) is 0 Å². The fraction of sp³-hybridized carbons (Fsp3) is 0.333. The van der Waals surface area contributed by atoms with Crippen LogP contribution in [0.2, 0.25) is 0 Å². The number of aromatic nitrogens is 2. The minimum absolute atomic E-state index is 0.190. The molecular formula is C21H25N3O3S. The molecule has 28 heavy (non-hydrogen) atoms. The van der Waals surface area contributed by atoms with Crippen molar-refractivity contribution in [3.8, 4) is 11.4 Å². The number of hydrogen-bond acceptors (Lipinski definition) is 5. The summed E-state index contributed by atoms with van der Waals surface area (Å²) >= 11 is 0. The van der Waals surface area contributed by atoms with Crippen molar-refractivity contribution in [1.82, 2.24) is 14.4 Å². The second-order valence-corrected chi connectivity index (χ2v) is 8.83. The number of rotatable bonds is 7. The quantitative estimate of drug-likeness (QED) is 0.595. The second-order valence-electron chi connectivity index (χ2n) is 6.98. The lowest BCUT2D eigenvalue weighted by Crippen LogP contribution is -2.36. The first-order valence-electron chi connectivity index (χ1n) is 9.32. The standard InChI is InChI=1S/C21H25N3O3S/c1-5-20-22-21(23-27-20)18-12-11-16(4)19(13-18)28(25,26)24(15(2)3)14-17-9-7-6-8-10-17/h6-13,15H,5,14H2,1-4H3. The lowest BCUT2D eigenvalue weighted by atomic mass is 10.1. The SMILES string of the molecule is CCc1nc(-c2ccc(C)c(S(=O)(=O)N(Cc3ccccc3)C(C)C)c2)no1. The van der Waals surface area contributed by atoms with Crippen LogP contribution in [-0.2, 0) is 23.0 Å². The molecule has 0 aliphatic rings. The van der Waals surface area contributed by atoms with Crippen LogP contribution in [0.25, 0.3) is 11.4 Å². The van der Waals surface area contributed by atoms with Crippen LogP contribution >= 0.6 is 0 Å². The molecule has 0 aliphatic heterocycles. The fourth-order valence-corrected chi connectivity index (χ4v) is 4.85. The molecule has 148 valence electrons. The van der Waals surface area contributed by atoms with Crippen molar-refractivity contribution in [2.45, 2.75) is 51.6 Å². The largest absolute Gasteiger partial charge is 0.339 e. The Labute approximate surface area is 166 Å². The van der Waals surface area contributed by atoms with E-state index in [0.29, 0.717) is 35.8 Å².